The first-order chi connectivity index (χ1) is 9.74. The number of aryl methyl sites for hydroxylation is 2. The molecule has 0 radical (unpaired) electrons. The summed E-state index contributed by atoms with van der Waals surface area (Å²) >= 11 is 3.69. The van der Waals surface area contributed by atoms with Crippen LogP contribution >= 0.6 is 15.9 Å². The molecule has 0 aliphatic heterocycles. The lowest BCUT2D eigenvalue weighted by Gasteiger charge is -2.07. The summed E-state index contributed by atoms with van der Waals surface area (Å²) in [6.07, 6.45) is 9.10. The fraction of sp³-hybridized carbons (Fsp3) is 0.812. The van der Waals surface area contributed by atoms with Crippen LogP contribution in [0.4, 0.5) is 0 Å². The van der Waals surface area contributed by atoms with E-state index in [1.54, 1.807) is 0 Å². The number of aromatic nitrogens is 2. The Morgan fingerprint density at radius 2 is 1.75 bits per heavy atom. The van der Waals surface area contributed by atoms with E-state index in [0.717, 1.165) is 26.1 Å². The number of rotatable bonds is 11. The van der Waals surface area contributed by atoms with Crippen molar-refractivity contribution in [2.24, 2.45) is 0 Å². The fourth-order valence-electron chi connectivity index (χ4n) is 2.42. The highest BCUT2D eigenvalue weighted by atomic mass is 79.9. The molecule has 0 aliphatic rings. The lowest BCUT2D eigenvalue weighted by molar-refractivity contribution is 0.546. The molecule has 0 fully saturated rings. The first kappa shape index (κ1) is 17.7. The van der Waals surface area contributed by atoms with Gasteiger partial charge >= 0.3 is 0 Å². The van der Waals surface area contributed by atoms with Crippen LogP contribution in [0.1, 0.15) is 70.7 Å². The number of nitrogens with zero attached hydrogens (tertiary/aromatic N) is 2. The van der Waals surface area contributed by atoms with Crippen LogP contribution in [0.3, 0.4) is 0 Å². The van der Waals surface area contributed by atoms with Crippen LogP contribution in [0.15, 0.2) is 4.47 Å². The van der Waals surface area contributed by atoms with Gasteiger partial charge in [0.25, 0.3) is 0 Å². The fourth-order valence-corrected chi connectivity index (χ4v) is 3.13. The van der Waals surface area contributed by atoms with Gasteiger partial charge in [0.2, 0.25) is 0 Å². The summed E-state index contributed by atoms with van der Waals surface area (Å²) in [7, 11) is 0. The van der Waals surface area contributed by atoms with Crippen LogP contribution in [0, 0.1) is 0 Å². The zero-order valence-corrected chi connectivity index (χ0v) is 14.9. The summed E-state index contributed by atoms with van der Waals surface area (Å²) < 4.78 is 3.30. The third kappa shape index (κ3) is 5.57. The van der Waals surface area contributed by atoms with Crippen molar-refractivity contribution in [2.75, 3.05) is 6.54 Å². The van der Waals surface area contributed by atoms with E-state index in [4.69, 9.17) is 0 Å². The molecule has 20 heavy (non-hydrogen) atoms. The summed E-state index contributed by atoms with van der Waals surface area (Å²) in [5.41, 5.74) is 2.46. The summed E-state index contributed by atoms with van der Waals surface area (Å²) in [6, 6.07) is 0. The molecule has 116 valence electrons. The Balaban J connectivity index is 2.26. The monoisotopic (exact) mass is 343 g/mol. The minimum Gasteiger partial charge on any atom is -0.311 e. The van der Waals surface area contributed by atoms with Crippen molar-refractivity contribution in [2.45, 2.75) is 78.8 Å². The Morgan fingerprint density at radius 1 is 1.05 bits per heavy atom. The molecule has 3 nitrogen and oxygen atoms in total. The van der Waals surface area contributed by atoms with Gasteiger partial charge in [0.15, 0.2) is 0 Å². The van der Waals surface area contributed by atoms with E-state index in [9.17, 15) is 0 Å². The van der Waals surface area contributed by atoms with Gasteiger partial charge in [0.1, 0.15) is 0 Å². The predicted octanol–water partition coefficient (Wildman–Crippen LogP) is 4.68. The molecule has 0 unspecified atom stereocenters. The number of nitrogens with one attached hydrogen (secondary N) is 1. The normalized spacial score (nSPS) is 11.2. The Hall–Kier alpha value is -0.350. The molecule has 0 amide bonds. The van der Waals surface area contributed by atoms with Gasteiger partial charge in [-0.1, -0.05) is 46.0 Å². The highest BCUT2D eigenvalue weighted by Crippen LogP contribution is 2.22. The number of hydrogen-bond donors (Lipinski definition) is 1. The predicted molar refractivity (Wildman–Crippen MR) is 90.1 cm³/mol. The summed E-state index contributed by atoms with van der Waals surface area (Å²) in [5.74, 6) is 0. The van der Waals surface area contributed by atoms with Crippen molar-refractivity contribution in [3.8, 4) is 0 Å². The highest BCUT2D eigenvalue weighted by molar-refractivity contribution is 9.10. The molecular weight excluding hydrogens is 314 g/mol. The molecule has 1 rings (SSSR count). The van der Waals surface area contributed by atoms with Crippen LogP contribution in [0.25, 0.3) is 0 Å². The molecule has 0 atom stereocenters. The van der Waals surface area contributed by atoms with Crippen molar-refractivity contribution in [1.82, 2.24) is 15.1 Å². The smallest absolute Gasteiger partial charge is 0.0767 e. The molecular formula is C16H30BrN3. The Bertz CT molecular complexity index is 374. The second-order valence-electron chi connectivity index (χ2n) is 5.32. The zero-order valence-electron chi connectivity index (χ0n) is 13.3. The van der Waals surface area contributed by atoms with Crippen LogP contribution < -0.4 is 5.32 Å². The second kappa shape index (κ2) is 10.4. The third-order valence-corrected chi connectivity index (χ3v) is 4.61. The zero-order chi connectivity index (χ0) is 14.8. The van der Waals surface area contributed by atoms with E-state index < -0.39 is 0 Å². The van der Waals surface area contributed by atoms with Gasteiger partial charge in [-0.05, 0) is 42.2 Å². The topological polar surface area (TPSA) is 29.9 Å². The van der Waals surface area contributed by atoms with Crippen molar-refractivity contribution < 1.29 is 0 Å². The number of hydrogen-bond acceptors (Lipinski definition) is 2. The van der Waals surface area contributed by atoms with Gasteiger partial charge in [0.05, 0.1) is 15.9 Å². The SMILES string of the molecule is CCCCCCCCNCc1c(Br)c(CC)nn1CC. The minimum atomic E-state index is 0.913. The number of unbranched alkanes of at least 4 members (excludes halogenated alkanes) is 5. The molecule has 0 aliphatic carbocycles. The van der Waals surface area contributed by atoms with E-state index in [0.29, 0.717) is 0 Å². The standard InChI is InChI=1S/C16H30BrN3/c1-4-7-8-9-10-11-12-18-13-15-16(17)14(5-2)19-20(15)6-3/h18H,4-13H2,1-3H3. The van der Waals surface area contributed by atoms with Crippen LogP contribution in [-0.4, -0.2) is 16.3 Å². The first-order valence-electron chi connectivity index (χ1n) is 8.19. The lowest BCUT2D eigenvalue weighted by atomic mass is 10.1. The summed E-state index contributed by atoms with van der Waals surface area (Å²) in [4.78, 5) is 0. The Labute approximate surface area is 132 Å². The molecule has 1 aromatic heterocycles. The molecule has 0 saturated heterocycles. The maximum absolute atomic E-state index is 4.63. The molecule has 0 aromatic carbocycles. The van der Waals surface area contributed by atoms with Gasteiger partial charge in [-0.3, -0.25) is 4.68 Å². The third-order valence-electron chi connectivity index (χ3n) is 3.69. The molecule has 1 N–H and O–H groups in total. The maximum Gasteiger partial charge on any atom is 0.0767 e. The van der Waals surface area contributed by atoms with Crippen LogP contribution in [-0.2, 0) is 19.5 Å². The highest BCUT2D eigenvalue weighted by Gasteiger charge is 2.12. The van der Waals surface area contributed by atoms with Crippen LogP contribution in [0.2, 0.25) is 0 Å². The Morgan fingerprint density at radius 3 is 2.40 bits per heavy atom. The summed E-state index contributed by atoms with van der Waals surface area (Å²) in [5, 5.41) is 8.18. The molecule has 0 saturated carbocycles. The first-order valence-corrected chi connectivity index (χ1v) is 8.98. The average molecular weight is 344 g/mol. The average Bonchev–Trinajstić information content (AvgIpc) is 2.78. The van der Waals surface area contributed by atoms with E-state index in [1.165, 1.54) is 54.4 Å². The largest absolute Gasteiger partial charge is 0.311 e. The van der Waals surface area contributed by atoms with Gasteiger partial charge in [-0.25, -0.2) is 0 Å². The Kier molecular flexibility index (Phi) is 9.19. The van der Waals surface area contributed by atoms with Crippen molar-refractivity contribution in [3.63, 3.8) is 0 Å². The van der Waals surface area contributed by atoms with Gasteiger partial charge in [-0.15, -0.1) is 0 Å². The van der Waals surface area contributed by atoms with Gasteiger partial charge in [0, 0.05) is 13.1 Å². The van der Waals surface area contributed by atoms with E-state index in [-0.39, 0.29) is 0 Å². The van der Waals surface area contributed by atoms with Crippen LogP contribution in [0.5, 0.6) is 0 Å². The van der Waals surface area contributed by atoms with Crippen molar-refractivity contribution in [1.29, 1.82) is 0 Å². The molecule has 1 heterocycles. The van der Waals surface area contributed by atoms with E-state index in [1.807, 2.05) is 0 Å². The molecule has 1 aromatic rings. The van der Waals surface area contributed by atoms with E-state index >= 15 is 0 Å². The van der Waals surface area contributed by atoms with Crippen molar-refractivity contribution in [3.05, 3.63) is 15.9 Å². The summed E-state index contributed by atoms with van der Waals surface area (Å²) in [6.45, 7) is 9.52. The molecule has 0 spiro atoms. The quantitative estimate of drug-likeness (QED) is 0.591. The minimum absolute atomic E-state index is 0.913. The maximum atomic E-state index is 4.63. The molecule has 4 heteroatoms. The molecule has 0 bridgehead atoms. The van der Waals surface area contributed by atoms with Gasteiger partial charge < -0.3 is 5.32 Å². The van der Waals surface area contributed by atoms with E-state index in [2.05, 4.69) is 51.8 Å². The number of halogens is 1. The lowest BCUT2D eigenvalue weighted by Crippen LogP contribution is -2.18. The van der Waals surface area contributed by atoms with Crippen molar-refractivity contribution >= 4 is 15.9 Å². The van der Waals surface area contributed by atoms with Gasteiger partial charge in [-0.2, -0.15) is 5.10 Å². The second-order valence-corrected chi connectivity index (χ2v) is 6.11.